The molecular formula is C32H56INO15. The highest BCUT2D eigenvalue weighted by atomic mass is 127. The first kappa shape index (κ1) is 45.7. The van der Waals surface area contributed by atoms with Crippen LogP contribution in [-0.4, -0.2) is 175 Å². The summed E-state index contributed by atoms with van der Waals surface area (Å²) in [4.78, 5) is 10.2. The van der Waals surface area contributed by atoms with Crippen molar-refractivity contribution in [3.05, 3.63) is 34.4 Å². The number of halogens is 1. The van der Waals surface area contributed by atoms with Crippen LogP contribution in [0.3, 0.4) is 0 Å². The van der Waals surface area contributed by atoms with Gasteiger partial charge in [0.05, 0.1) is 163 Å². The normalized spacial score (nSPS) is 11.4. The van der Waals surface area contributed by atoms with Crippen LogP contribution in [0.1, 0.15) is 0 Å². The summed E-state index contributed by atoms with van der Waals surface area (Å²) in [6.45, 7) is 12.6. The Morgan fingerprint density at radius 2 is 0.612 bits per heavy atom. The van der Waals surface area contributed by atoms with E-state index >= 15 is 0 Å². The Morgan fingerprint density at radius 1 is 0.388 bits per heavy atom. The molecule has 0 heterocycles. The molecule has 0 saturated heterocycles. The summed E-state index contributed by atoms with van der Waals surface area (Å²) in [5.41, 5.74) is 0.0250. The molecule has 0 aliphatic rings. The van der Waals surface area contributed by atoms with Crippen LogP contribution in [0.4, 0.5) is 5.69 Å². The van der Waals surface area contributed by atoms with E-state index in [-0.39, 0.29) is 5.69 Å². The van der Waals surface area contributed by atoms with E-state index in [1.165, 1.54) is 12.1 Å². The SMILES string of the molecule is O=[N+]([O-])c1ccc(OCCOCCOCCOCCOCCOCCOCCOCCOCCOCCOCCOCCOCCI)cc1. The molecule has 49 heavy (non-hydrogen) atoms. The average Bonchev–Trinajstić information content (AvgIpc) is 3.11. The van der Waals surface area contributed by atoms with Gasteiger partial charge < -0.3 is 61.6 Å². The van der Waals surface area contributed by atoms with E-state index in [0.29, 0.717) is 164 Å². The first-order valence-electron chi connectivity index (χ1n) is 16.6. The predicted octanol–water partition coefficient (Wildman–Crippen LogP) is 2.61. The summed E-state index contributed by atoms with van der Waals surface area (Å²) in [6, 6.07) is 5.91. The van der Waals surface area contributed by atoms with Crippen LogP contribution in [0.2, 0.25) is 0 Å². The van der Waals surface area contributed by atoms with Crippen molar-refractivity contribution < 1.29 is 66.5 Å². The lowest BCUT2D eigenvalue weighted by atomic mass is 10.3. The van der Waals surface area contributed by atoms with Crippen LogP contribution < -0.4 is 4.74 Å². The van der Waals surface area contributed by atoms with Crippen LogP contribution in [0.5, 0.6) is 5.75 Å². The Bertz CT molecular complexity index is 828. The number of rotatable bonds is 40. The summed E-state index contributed by atoms with van der Waals surface area (Å²) in [6.07, 6.45) is 0. The van der Waals surface area contributed by atoms with Gasteiger partial charge >= 0.3 is 0 Å². The van der Waals surface area contributed by atoms with E-state index < -0.39 is 4.92 Å². The minimum Gasteiger partial charge on any atom is -0.491 e. The second kappa shape index (κ2) is 37.9. The molecule has 0 spiro atoms. The standard InChI is InChI=1S/C32H56INO15/c33-5-6-37-7-8-38-9-10-39-11-12-40-13-14-41-15-16-42-17-18-43-19-20-44-21-22-45-23-24-46-25-26-47-27-28-48-29-30-49-32-3-1-31(2-4-32)34(35)36/h1-4H,5-30H2. The smallest absolute Gasteiger partial charge is 0.269 e. The molecule has 17 heteroatoms. The van der Waals surface area contributed by atoms with Crippen molar-refractivity contribution in [3.63, 3.8) is 0 Å². The molecule has 1 aromatic carbocycles. The summed E-state index contributed by atoms with van der Waals surface area (Å²) in [5, 5.41) is 10.6. The molecule has 0 bridgehead atoms. The first-order chi connectivity index (χ1) is 24.2. The Labute approximate surface area is 303 Å². The molecule has 0 atom stereocenters. The number of ether oxygens (including phenoxy) is 13. The fourth-order valence-electron chi connectivity index (χ4n) is 3.46. The summed E-state index contributed by atoms with van der Waals surface area (Å²) in [5.74, 6) is 0.555. The van der Waals surface area contributed by atoms with Gasteiger partial charge in [-0.2, -0.15) is 0 Å². The van der Waals surface area contributed by atoms with Crippen LogP contribution in [0.25, 0.3) is 0 Å². The summed E-state index contributed by atoms with van der Waals surface area (Å²) in [7, 11) is 0. The number of non-ortho nitro benzene ring substituents is 1. The van der Waals surface area contributed by atoms with Crippen LogP contribution >= 0.6 is 22.6 Å². The van der Waals surface area contributed by atoms with E-state index in [0.717, 1.165) is 11.0 Å². The van der Waals surface area contributed by atoms with Gasteiger partial charge in [0.15, 0.2) is 0 Å². The molecule has 1 aromatic rings. The molecule has 0 aromatic heterocycles. The Morgan fingerprint density at radius 3 is 0.837 bits per heavy atom. The molecule has 0 aliphatic heterocycles. The maximum absolute atomic E-state index is 10.6. The fraction of sp³-hybridized carbons (Fsp3) is 0.812. The topological polar surface area (TPSA) is 163 Å². The Balaban J connectivity index is 1.64. The van der Waals surface area contributed by atoms with Crippen molar-refractivity contribution in [2.24, 2.45) is 0 Å². The van der Waals surface area contributed by atoms with Gasteiger partial charge in [-0.3, -0.25) is 10.1 Å². The number of alkyl halides is 1. The van der Waals surface area contributed by atoms with Crippen molar-refractivity contribution in [1.82, 2.24) is 0 Å². The zero-order chi connectivity index (χ0) is 35.1. The lowest BCUT2D eigenvalue weighted by Crippen LogP contribution is -2.15. The van der Waals surface area contributed by atoms with E-state index in [1.54, 1.807) is 12.1 Å². The van der Waals surface area contributed by atoms with Crippen molar-refractivity contribution in [2.75, 3.05) is 170 Å². The van der Waals surface area contributed by atoms with Gasteiger partial charge in [-0.15, -0.1) is 0 Å². The maximum Gasteiger partial charge on any atom is 0.269 e. The lowest BCUT2D eigenvalue weighted by molar-refractivity contribution is -0.384. The van der Waals surface area contributed by atoms with E-state index in [4.69, 9.17) is 61.6 Å². The molecule has 0 amide bonds. The number of hydrogen-bond acceptors (Lipinski definition) is 15. The van der Waals surface area contributed by atoms with Crippen molar-refractivity contribution in [2.45, 2.75) is 0 Å². The Hall–Kier alpha value is -1.33. The number of nitro benzene ring substituents is 1. The molecule has 286 valence electrons. The second-order valence-corrected chi connectivity index (χ2v) is 10.7. The minimum absolute atomic E-state index is 0.0250. The van der Waals surface area contributed by atoms with Gasteiger partial charge in [0.25, 0.3) is 5.69 Å². The molecule has 16 nitrogen and oxygen atoms in total. The quantitative estimate of drug-likeness (QED) is 0.0312. The number of nitro groups is 1. The van der Waals surface area contributed by atoms with E-state index in [9.17, 15) is 10.1 Å². The predicted molar refractivity (Wildman–Crippen MR) is 187 cm³/mol. The number of hydrogen-bond donors (Lipinski definition) is 0. The third-order valence-electron chi connectivity index (χ3n) is 5.86. The zero-order valence-corrected chi connectivity index (χ0v) is 30.8. The second-order valence-electron chi connectivity index (χ2n) is 9.64. The highest BCUT2D eigenvalue weighted by molar-refractivity contribution is 14.1. The van der Waals surface area contributed by atoms with Gasteiger partial charge in [0, 0.05) is 16.6 Å². The third-order valence-corrected chi connectivity index (χ3v) is 6.30. The molecule has 1 rings (SSSR count). The Kier molecular flexibility index (Phi) is 35.4. The van der Waals surface area contributed by atoms with Crippen molar-refractivity contribution in [3.8, 4) is 5.75 Å². The van der Waals surface area contributed by atoms with E-state index in [2.05, 4.69) is 22.6 Å². The molecule has 0 fully saturated rings. The number of benzene rings is 1. The lowest BCUT2D eigenvalue weighted by Gasteiger charge is -2.09. The summed E-state index contributed by atoms with van der Waals surface area (Å²) < 4.78 is 71.8. The van der Waals surface area contributed by atoms with Gasteiger partial charge in [0.2, 0.25) is 0 Å². The average molecular weight is 822 g/mol. The number of nitrogens with zero attached hydrogens (tertiary/aromatic N) is 1. The highest BCUT2D eigenvalue weighted by Crippen LogP contribution is 2.17. The monoisotopic (exact) mass is 821 g/mol. The fourth-order valence-corrected chi connectivity index (χ4v) is 3.77. The molecule has 0 saturated carbocycles. The zero-order valence-electron chi connectivity index (χ0n) is 28.6. The molecule has 0 unspecified atom stereocenters. The van der Waals surface area contributed by atoms with Gasteiger partial charge in [0.1, 0.15) is 12.4 Å². The maximum atomic E-state index is 10.6. The largest absolute Gasteiger partial charge is 0.491 e. The minimum atomic E-state index is -0.452. The first-order valence-corrected chi connectivity index (χ1v) is 18.1. The van der Waals surface area contributed by atoms with Crippen LogP contribution in [0, 0.1) is 10.1 Å². The highest BCUT2D eigenvalue weighted by Gasteiger charge is 2.04. The third kappa shape index (κ3) is 33.6. The van der Waals surface area contributed by atoms with E-state index in [1.807, 2.05) is 0 Å². The van der Waals surface area contributed by atoms with Crippen molar-refractivity contribution >= 4 is 28.3 Å². The molecule has 0 radical (unpaired) electrons. The van der Waals surface area contributed by atoms with Gasteiger partial charge in [-0.05, 0) is 12.1 Å². The van der Waals surface area contributed by atoms with Gasteiger partial charge in [-0.1, -0.05) is 22.6 Å². The summed E-state index contributed by atoms with van der Waals surface area (Å²) >= 11 is 2.27. The molecular weight excluding hydrogens is 765 g/mol. The molecule has 0 aliphatic carbocycles. The van der Waals surface area contributed by atoms with Gasteiger partial charge in [-0.25, -0.2) is 0 Å². The van der Waals surface area contributed by atoms with Crippen molar-refractivity contribution in [1.29, 1.82) is 0 Å². The molecule has 0 N–H and O–H groups in total. The van der Waals surface area contributed by atoms with Crippen LogP contribution in [0.15, 0.2) is 24.3 Å². The van der Waals surface area contributed by atoms with Crippen LogP contribution in [-0.2, 0) is 56.8 Å².